The van der Waals surface area contributed by atoms with Crippen molar-refractivity contribution in [3.05, 3.63) is 53.6 Å². The molecule has 0 bridgehead atoms. The minimum absolute atomic E-state index is 0.108. The molecule has 2 aromatic heterocycles. The first-order valence-corrected chi connectivity index (χ1v) is 9.36. The van der Waals surface area contributed by atoms with E-state index >= 15 is 0 Å². The standard InChI is InChI=1S/C16H17ClN4O2S/c1-12-20-14-5-2-3-6-15(14)21(12)10-4-9-19-24(22,23)13-7-8-16(17)18-11-13/h2-3,5-8,11,19H,4,9-10H2,1H3. The number of nitrogens with one attached hydrogen (secondary N) is 1. The number of halogens is 1. The molecule has 0 aliphatic rings. The lowest BCUT2D eigenvalue weighted by atomic mass is 10.3. The Morgan fingerprint density at radius 1 is 1.21 bits per heavy atom. The van der Waals surface area contributed by atoms with Crippen molar-refractivity contribution in [1.29, 1.82) is 0 Å². The summed E-state index contributed by atoms with van der Waals surface area (Å²) < 4.78 is 29.0. The summed E-state index contributed by atoms with van der Waals surface area (Å²) in [5, 5.41) is 0.261. The number of para-hydroxylation sites is 2. The number of sulfonamides is 1. The van der Waals surface area contributed by atoms with E-state index < -0.39 is 10.0 Å². The van der Waals surface area contributed by atoms with Gasteiger partial charge >= 0.3 is 0 Å². The van der Waals surface area contributed by atoms with Crippen molar-refractivity contribution in [2.45, 2.75) is 24.8 Å². The summed E-state index contributed by atoms with van der Waals surface area (Å²) in [6.45, 7) is 2.97. The van der Waals surface area contributed by atoms with E-state index in [1.54, 1.807) is 0 Å². The molecule has 0 saturated heterocycles. The van der Waals surface area contributed by atoms with Gasteiger partial charge in [-0.2, -0.15) is 0 Å². The fourth-order valence-corrected chi connectivity index (χ4v) is 3.66. The Morgan fingerprint density at radius 2 is 2.00 bits per heavy atom. The van der Waals surface area contributed by atoms with Gasteiger partial charge in [0.05, 0.1) is 11.0 Å². The smallest absolute Gasteiger partial charge is 0.242 e. The molecule has 2 heterocycles. The SMILES string of the molecule is Cc1nc2ccccc2n1CCCNS(=O)(=O)c1ccc(Cl)nc1. The van der Waals surface area contributed by atoms with Crippen molar-refractivity contribution in [1.82, 2.24) is 19.3 Å². The highest BCUT2D eigenvalue weighted by Gasteiger charge is 2.14. The van der Waals surface area contributed by atoms with Crippen LogP contribution in [0.3, 0.4) is 0 Å². The number of imidazole rings is 1. The van der Waals surface area contributed by atoms with E-state index in [4.69, 9.17) is 11.6 Å². The average molecular weight is 365 g/mol. The monoisotopic (exact) mass is 364 g/mol. The number of benzene rings is 1. The zero-order chi connectivity index (χ0) is 17.2. The largest absolute Gasteiger partial charge is 0.328 e. The van der Waals surface area contributed by atoms with Crippen molar-refractivity contribution in [3.8, 4) is 0 Å². The molecule has 3 rings (SSSR count). The Kier molecular flexibility index (Phi) is 4.84. The number of aromatic nitrogens is 3. The first kappa shape index (κ1) is 16.9. The van der Waals surface area contributed by atoms with Crippen molar-refractivity contribution in [2.24, 2.45) is 0 Å². The first-order valence-electron chi connectivity index (χ1n) is 7.50. The Morgan fingerprint density at radius 3 is 2.75 bits per heavy atom. The molecule has 3 aromatic rings. The van der Waals surface area contributed by atoms with Gasteiger partial charge in [0, 0.05) is 19.3 Å². The highest BCUT2D eigenvalue weighted by Crippen LogP contribution is 2.16. The molecule has 0 spiro atoms. The summed E-state index contributed by atoms with van der Waals surface area (Å²) in [7, 11) is -3.57. The van der Waals surface area contributed by atoms with Gasteiger partial charge in [0.15, 0.2) is 0 Å². The fraction of sp³-hybridized carbons (Fsp3) is 0.250. The van der Waals surface area contributed by atoms with Crippen LogP contribution < -0.4 is 4.72 Å². The third-order valence-corrected chi connectivity index (χ3v) is 5.38. The topological polar surface area (TPSA) is 76.9 Å². The lowest BCUT2D eigenvalue weighted by molar-refractivity contribution is 0.569. The second-order valence-electron chi connectivity index (χ2n) is 5.37. The molecular weight excluding hydrogens is 348 g/mol. The molecule has 0 fully saturated rings. The minimum Gasteiger partial charge on any atom is -0.328 e. The average Bonchev–Trinajstić information content (AvgIpc) is 2.87. The lowest BCUT2D eigenvalue weighted by Crippen LogP contribution is -2.25. The van der Waals surface area contributed by atoms with Gasteiger partial charge in [-0.3, -0.25) is 0 Å². The van der Waals surface area contributed by atoms with Gasteiger partial charge in [0.25, 0.3) is 0 Å². The summed E-state index contributed by atoms with van der Waals surface area (Å²) in [6.07, 6.45) is 1.90. The zero-order valence-corrected chi connectivity index (χ0v) is 14.7. The van der Waals surface area contributed by atoms with Gasteiger partial charge < -0.3 is 4.57 Å². The van der Waals surface area contributed by atoms with Gasteiger partial charge in [-0.05, 0) is 37.6 Å². The van der Waals surface area contributed by atoms with Crippen LogP contribution in [0.1, 0.15) is 12.2 Å². The van der Waals surface area contributed by atoms with Gasteiger partial charge in [-0.15, -0.1) is 0 Å². The van der Waals surface area contributed by atoms with E-state index in [1.165, 1.54) is 18.3 Å². The van der Waals surface area contributed by atoms with Crippen LogP contribution in [0, 0.1) is 6.92 Å². The number of hydrogen-bond donors (Lipinski definition) is 1. The number of fused-ring (bicyclic) bond motifs is 1. The summed E-state index contributed by atoms with van der Waals surface area (Å²) in [5.41, 5.74) is 2.00. The minimum atomic E-state index is -3.57. The molecule has 0 atom stereocenters. The lowest BCUT2D eigenvalue weighted by Gasteiger charge is -2.09. The summed E-state index contributed by atoms with van der Waals surface area (Å²) >= 11 is 5.67. The summed E-state index contributed by atoms with van der Waals surface area (Å²) in [4.78, 5) is 8.40. The van der Waals surface area contributed by atoms with Crippen LogP contribution >= 0.6 is 11.6 Å². The number of pyridine rings is 1. The van der Waals surface area contributed by atoms with E-state index in [9.17, 15) is 8.42 Å². The maximum atomic E-state index is 12.2. The second-order valence-corrected chi connectivity index (χ2v) is 7.52. The van der Waals surface area contributed by atoms with Crippen LogP contribution in [0.4, 0.5) is 0 Å². The zero-order valence-electron chi connectivity index (χ0n) is 13.1. The Balaban J connectivity index is 1.62. The Hall–Kier alpha value is -1.96. The molecule has 0 saturated carbocycles. The molecule has 6 nitrogen and oxygen atoms in total. The normalized spacial score (nSPS) is 11.9. The second kappa shape index (κ2) is 6.88. The molecule has 24 heavy (non-hydrogen) atoms. The van der Waals surface area contributed by atoms with Crippen LogP contribution in [-0.2, 0) is 16.6 Å². The Labute approximate surface area is 145 Å². The van der Waals surface area contributed by atoms with Gasteiger partial charge in [0.2, 0.25) is 10.0 Å². The number of hydrogen-bond acceptors (Lipinski definition) is 4. The fourth-order valence-electron chi connectivity index (χ4n) is 2.53. The number of rotatable bonds is 6. The van der Waals surface area contributed by atoms with Crippen molar-refractivity contribution < 1.29 is 8.42 Å². The van der Waals surface area contributed by atoms with Crippen LogP contribution in [-0.4, -0.2) is 29.5 Å². The highest BCUT2D eigenvalue weighted by atomic mass is 35.5. The van der Waals surface area contributed by atoms with Crippen molar-refractivity contribution >= 4 is 32.7 Å². The van der Waals surface area contributed by atoms with Crippen LogP contribution in [0.15, 0.2) is 47.5 Å². The highest BCUT2D eigenvalue weighted by molar-refractivity contribution is 7.89. The van der Waals surface area contributed by atoms with E-state index in [2.05, 4.69) is 19.3 Å². The van der Waals surface area contributed by atoms with Crippen LogP contribution in [0.5, 0.6) is 0 Å². The van der Waals surface area contributed by atoms with Gasteiger partial charge in [-0.25, -0.2) is 23.1 Å². The van der Waals surface area contributed by atoms with E-state index in [0.29, 0.717) is 19.5 Å². The molecule has 126 valence electrons. The maximum Gasteiger partial charge on any atom is 0.242 e. The number of aryl methyl sites for hydroxylation is 2. The molecular formula is C16H17ClN4O2S. The summed E-state index contributed by atoms with van der Waals surface area (Å²) in [5.74, 6) is 0.918. The van der Waals surface area contributed by atoms with Crippen molar-refractivity contribution in [2.75, 3.05) is 6.54 Å². The predicted molar refractivity (Wildman–Crippen MR) is 93.5 cm³/mol. The molecule has 8 heteroatoms. The molecule has 0 radical (unpaired) electrons. The van der Waals surface area contributed by atoms with Gasteiger partial charge in [-0.1, -0.05) is 23.7 Å². The molecule has 1 N–H and O–H groups in total. The predicted octanol–water partition coefficient (Wildman–Crippen LogP) is 2.76. The molecule has 0 aliphatic heterocycles. The van der Waals surface area contributed by atoms with E-state index in [1.807, 2.05) is 31.2 Å². The van der Waals surface area contributed by atoms with Gasteiger partial charge in [0.1, 0.15) is 15.9 Å². The van der Waals surface area contributed by atoms with Crippen LogP contribution in [0.25, 0.3) is 11.0 Å². The third-order valence-electron chi connectivity index (χ3n) is 3.71. The van der Waals surface area contributed by atoms with Crippen LogP contribution in [0.2, 0.25) is 5.15 Å². The molecule has 0 amide bonds. The quantitative estimate of drug-likeness (QED) is 0.539. The van der Waals surface area contributed by atoms with E-state index in [0.717, 1.165) is 16.9 Å². The summed E-state index contributed by atoms with van der Waals surface area (Å²) in [6, 6.07) is 10.8. The van der Waals surface area contributed by atoms with E-state index in [-0.39, 0.29) is 10.0 Å². The molecule has 0 unspecified atom stereocenters. The molecule has 1 aromatic carbocycles. The Bertz CT molecular complexity index is 952. The first-order chi connectivity index (χ1) is 11.5. The number of nitrogens with zero attached hydrogens (tertiary/aromatic N) is 3. The third kappa shape index (κ3) is 3.58. The van der Waals surface area contributed by atoms with Crippen molar-refractivity contribution in [3.63, 3.8) is 0 Å². The maximum absolute atomic E-state index is 12.2. The molecule has 0 aliphatic carbocycles.